The van der Waals surface area contributed by atoms with E-state index in [9.17, 15) is 0 Å². The topological polar surface area (TPSA) is 42.2 Å². The number of rotatable bonds is 6. The van der Waals surface area contributed by atoms with Crippen LogP contribution >= 0.6 is 0 Å². The Hall–Kier alpha value is -2.62. The highest BCUT2D eigenvalue weighted by molar-refractivity contribution is 5.50. The molecule has 1 N–H and O–H groups in total. The molecule has 4 nitrogen and oxygen atoms in total. The molecular weight excluding hydrogens is 296 g/mol. The molecule has 3 aromatic rings. The molecule has 122 valence electrons. The number of allylic oxidation sites excluding steroid dienone is 1. The quantitative estimate of drug-likeness (QED) is 0.685. The first-order valence-electron chi connectivity index (χ1n) is 8.54. The van der Waals surface area contributed by atoms with Crippen molar-refractivity contribution in [1.29, 1.82) is 0 Å². The number of hydrogen-bond donors (Lipinski definition) is 1. The molecule has 0 amide bonds. The highest BCUT2D eigenvalue weighted by atomic mass is 15.3. The second kappa shape index (κ2) is 6.11. The van der Waals surface area contributed by atoms with E-state index in [1.54, 1.807) is 0 Å². The maximum absolute atomic E-state index is 4.69. The van der Waals surface area contributed by atoms with E-state index in [2.05, 4.69) is 48.1 Å². The number of pyridine rings is 1. The molecule has 0 bridgehead atoms. The molecule has 1 aliphatic rings. The largest absolute Gasteiger partial charge is 0.363 e. The predicted molar refractivity (Wildman–Crippen MR) is 97.0 cm³/mol. The van der Waals surface area contributed by atoms with Crippen molar-refractivity contribution >= 4 is 11.5 Å². The van der Waals surface area contributed by atoms with Gasteiger partial charge in [-0.3, -0.25) is 0 Å². The van der Waals surface area contributed by atoms with E-state index in [1.807, 2.05) is 28.8 Å². The lowest BCUT2D eigenvalue weighted by Gasteiger charge is -2.16. The van der Waals surface area contributed by atoms with E-state index in [0.29, 0.717) is 5.92 Å². The van der Waals surface area contributed by atoms with Gasteiger partial charge in [-0.1, -0.05) is 48.6 Å². The summed E-state index contributed by atoms with van der Waals surface area (Å²) in [5, 5.41) is 8.23. The maximum Gasteiger partial charge on any atom is 0.158 e. The first-order valence-corrected chi connectivity index (χ1v) is 8.54. The highest BCUT2D eigenvalue weighted by Gasteiger charge is 2.25. The van der Waals surface area contributed by atoms with Gasteiger partial charge in [0.15, 0.2) is 11.5 Å². The summed E-state index contributed by atoms with van der Waals surface area (Å²) in [6.45, 7) is 6.34. The maximum atomic E-state index is 4.69. The summed E-state index contributed by atoms with van der Waals surface area (Å²) in [4.78, 5) is 4.65. The summed E-state index contributed by atoms with van der Waals surface area (Å²) < 4.78 is 1.90. The third kappa shape index (κ3) is 3.04. The van der Waals surface area contributed by atoms with Crippen LogP contribution < -0.4 is 5.32 Å². The van der Waals surface area contributed by atoms with Crippen molar-refractivity contribution in [2.45, 2.75) is 32.2 Å². The van der Waals surface area contributed by atoms with Crippen molar-refractivity contribution in [2.24, 2.45) is 5.92 Å². The number of fused-ring (bicyclic) bond motifs is 1. The van der Waals surface area contributed by atoms with Gasteiger partial charge in [0.2, 0.25) is 0 Å². The van der Waals surface area contributed by atoms with Crippen LogP contribution in [-0.4, -0.2) is 14.6 Å². The van der Waals surface area contributed by atoms with Crippen LogP contribution in [0.15, 0.2) is 60.7 Å². The number of benzene rings is 1. The average Bonchev–Trinajstić information content (AvgIpc) is 3.37. The fourth-order valence-electron chi connectivity index (χ4n) is 3.02. The van der Waals surface area contributed by atoms with E-state index in [4.69, 9.17) is 5.10 Å². The Morgan fingerprint density at radius 2 is 2.00 bits per heavy atom. The van der Waals surface area contributed by atoms with Crippen LogP contribution in [0.25, 0.3) is 5.65 Å². The molecule has 1 unspecified atom stereocenters. The van der Waals surface area contributed by atoms with E-state index < -0.39 is 0 Å². The third-order valence-corrected chi connectivity index (χ3v) is 4.61. The Labute approximate surface area is 142 Å². The van der Waals surface area contributed by atoms with Crippen LogP contribution in [0.5, 0.6) is 0 Å². The Morgan fingerprint density at radius 1 is 1.21 bits per heavy atom. The predicted octanol–water partition coefficient (Wildman–Crippen LogP) is 4.41. The molecule has 1 aliphatic carbocycles. The van der Waals surface area contributed by atoms with E-state index in [0.717, 1.165) is 23.7 Å². The minimum absolute atomic E-state index is 0.200. The summed E-state index contributed by atoms with van der Waals surface area (Å²) in [5.41, 5.74) is 3.38. The molecule has 24 heavy (non-hydrogen) atoms. The van der Waals surface area contributed by atoms with Crippen LogP contribution in [-0.2, 0) is 6.42 Å². The number of nitrogens with zero attached hydrogens (tertiary/aromatic N) is 3. The van der Waals surface area contributed by atoms with Gasteiger partial charge >= 0.3 is 0 Å². The molecule has 0 saturated heterocycles. The van der Waals surface area contributed by atoms with Crippen molar-refractivity contribution in [3.05, 3.63) is 72.1 Å². The van der Waals surface area contributed by atoms with Gasteiger partial charge in [0.25, 0.3) is 0 Å². The number of hydrogen-bond acceptors (Lipinski definition) is 3. The van der Waals surface area contributed by atoms with Gasteiger partial charge in [-0.25, -0.2) is 4.98 Å². The molecule has 0 aliphatic heterocycles. The lowest BCUT2D eigenvalue weighted by Crippen LogP contribution is -2.10. The van der Waals surface area contributed by atoms with E-state index in [1.165, 1.54) is 24.0 Å². The Morgan fingerprint density at radius 3 is 2.75 bits per heavy atom. The van der Waals surface area contributed by atoms with Gasteiger partial charge in [-0.2, -0.15) is 4.52 Å². The fraction of sp³-hybridized carbons (Fsp3) is 0.300. The summed E-state index contributed by atoms with van der Waals surface area (Å²) in [6, 6.07) is 16.7. The molecule has 2 aromatic heterocycles. The molecule has 4 rings (SSSR count). The van der Waals surface area contributed by atoms with E-state index >= 15 is 0 Å². The Kier molecular flexibility index (Phi) is 3.81. The standard InChI is InChI=1S/C20H22N4/c1-14(16-11-12-16)13-18-22-20-10-6-9-19(24(20)23-18)21-15(2)17-7-4-3-5-8-17/h3-10,15-16,21H,1,11-13H2,2H3. The van der Waals surface area contributed by atoms with Crippen molar-refractivity contribution < 1.29 is 0 Å². The minimum Gasteiger partial charge on any atom is -0.363 e. The minimum atomic E-state index is 0.200. The van der Waals surface area contributed by atoms with Gasteiger partial charge < -0.3 is 5.32 Å². The zero-order chi connectivity index (χ0) is 16.5. The normalized spacial score (nSPS) is 15.4. The molecule has 1 atom stereocenters. The fourth-order valence-corrected chi connectivity index (χ4v) is 3.02. The van der Waals surface area contributed by atoms with Crippen molar-refractivity contribution in [1.82, 2.24) is 14.6 Å². The number of aromatic nitrogens is 3. The first kappa shape index (κ1) is 14.9. The summed E-state index contributed by atoms with van der Waals surface area (Å²) in [6.07, 6.45) is 3.32. The molecular formula is C20H22N4. The van der Waals surface area contributed by atoms with Gasteiger partial charge in [0.1, 0.15) is 5.82 Å². The van der Waals surface area contributed by atoms with Gasteiger partial charge in [0, 0.05) is 12.5 Å². The molecule has 1 saturated carbocycles. The van der Waals surface area contributed by atoms with Crippen LogP contribution in [0.4, 0.5) is 5.82 Å². The van der Waals surface area contributed by atoms with Crippen molar-refractivity contribution in [3.63, 3.8) is 0 Å². The lowest BCUT2D eigenvalue weighted by molar-refractivity contribution is 0.824. The molecule has 0 radical (unpaired) electrons. The molecule has 0 spiro atoms. The second-order valence-corrected chi connectivity index (χ2v) is 6.60. The Balaban J connectivity index is 1.58. The van der Waals surface area contributed by atoms with Crippen LogP contribution in [0, 0.1) is 5.92 Å². The van der Waals surface area contributed by atoms with Crippen LogP contribution in [0.2, 0.25) is 0 Å². The number of anilines is 1. The van der Waals surface area contributed by atoms with E-state index in [-0.39, 0.29) is 6.04 Å². The summed E-state index contributed by atoms with van der Waals surface area (Å²) in [7, 11) is 0. The van der Waals surface area contributed by atoms with Crippen molar-refractivity contribution in [3.8, 4) is 0 Å². The Bertz CT molecular complexity index is 862. The smallest absolute Gasteiger partial charge is 0.158 e. The van der Waals surface area contributed by atoms with Crippen molar-refractivity contribution in [2.75, 3.05) is 5.32 Å². The van der Waals surface area contributed by atoms with Gasteiger partial charge in [-0.15, -0.1) is 5.10 Å². The van der Waals surface area contributed by atoms with Gasteiger partial charge in [0.05, 0.1) is 0 Å². The lowest BCUT2D eigenvalue weighted by atomic mass is 10.1. The van der Waals surface area contributed by atoms with Crippen LogP contribution in [0.1, 0.15) is 37.2 Å². The third-order valence-electron chi connectivity index (χ3n) is 4.61. The zero-order valence-corrected chi connectivity index (χ0v) is 13.9. The van der Waals surface area contributed by atoms with Gasteiger partial charge in [-0.05, 0) is 43.4 Å². The average molecular weight is 318 g/mol. The summed E-state index contributed by atoms with van der Waals surface area (Å²) in [5.74, 6) is 2.50. The molecule has 1 aromatic carbocycles. The number of nitrogens with one attached hydrogen (secondary N) is 1. The monoisotopic (exact) mass is 318 g/mol. The highest BCUT2D eigenvalue weighted by Crippen LogP contribution is 2.36. The first-order chi connectivity index (χ1) is 11.7. The molecule has 4 heteroatoms. The second-order valence-electron chi connectivity index (χ2n) is 6.60. The zero-order valence-electron chi connectivity index (χ0n) is 13.9. The van der Waals surface area contributed by atoms with Crippen LogP contribution in [0.3, 0.4) is 0 Å². The SMILES string of the molecule is C=C(Cc1nc2cccc(NC(C)c3ccccc3)n2n1)C1CC1. The molecule has 2 heterocycles. The summed E-state index contributed by atoms with van der Waals surface area (Å²) >= 11 is 0. The molecule has 1 fully saturated rings.